The highest BCUT2D eigenvalue weighted by atomic mass is 16.5. The molecule has 0 unspecified atom stereocenters. The molecule has 188 valence electrons. The van der Waals surface area contributed by atoms with E-state index in [1.165, 1.54) is 7.11 Å². The molecular formula is C33H27NO4. The zero-order valence-corrected chi connectivity index (χ0v) is 21.3. The predicted octanol–water partition coefficient (Wildman–Crippen LogP) is 6.91. The molecule has 0 aromatic heterocycles. The van der Waals surface area contributed by atoms with Gasteiger partial charge in [0, 0.05) is 5.92 Å². The van der Waals surface area contributed by atoms with Crippen LogP contribution in [0.5, 0.6) is 0 Å². The van der Waals surface area contributed by atoms with E-state index in [1.54, 1.807) is 6.92 Å². The fourth-order valence-corrected chi connectivity index (χ4v) is 5.53. The summed E-state index contributed by atoms with van der Waals surface area (Å²) in [5.41, 5.74) is -0.338. The Morgan fingerprint density at radius 2 is 1.37 bits per heavy atom. The number of ether oxygens (including phenoxy) is 2. The Bertz CT molecular complexity index is 1710. The molecule has 0 fully saturated rings. The second-order valence-electron chi connectivity index (χ2n) is 9.29. The van der Waals surface area contributed by atoms with Crippen LogP contribution in [0.2, 0.25) is 0 Å². The Labute approximate surface area is 221 Å². The van der Waals surface area contributed by atoms with Crippen LogP contribution in [-0.4, -0.2) is 25.7 Å². The summed E-state index contributed by atoms with van der Waals surface area (Å²) in [6, 6.07) is 34.0. The second kappa shape index (κ2) is 10.4. The van der Waals surface area contributed by atoms with Crippen molar-refractivity contribution < 1.29 is 19.1 Å². The van der Waals surface area contributed by atoms with Crippen molar-refractivity contribution in [3.05, 3.63) is 108 Å². The lowest BCUT2D eigenvalue weighted by molar-refractivity contribution is -0.158. The smallest absolute Gasteiger partial charge is 0.328 e. The van der Waals surface area contributed by atoms with E-state index in [1.807, 2.05) is 91.0 Å². The first-order valence-corrected chi connectivity index (χ1v) is 12.6. The van der Waals surface area contributed by atoms with Crippen LogP contribution >= 0.6 is 0 Å². The average molecular weight is 502 g/mol. The van der Waals surface area contributed by atoms with Crippen LogP contribution in [0.25, 0.3) is 32.3 Å². The van der Waals surface area contributed by atoms with Gasteiger partial charge in [-0.3, -0.25) is 9.59 Å². The first-order valence-electron chi connectivity index (χ1n) is 12.6. The van der Waals surface area contributed by atoms with Gasteiger partial charge >= 0.3 is 11.9 Å². The largest absolute Gasteiger partial charge is 0.469 e. The van der Waals surface area contributed by atoms with Gasteiger partial charge in [-0.2, -0.15) is 5.26 Å². The van der Waals surface area contributed by atoms with Gasteiger partial charge in [0.05, 0.1) is 26.2 Å². The molecule has 0 aliphatic carbocycles. The van der Waals surface area contributed by atoms with E-state index in [9.17, 15) is 14.9 Å². The van der Waals surface area contributed by atoms with Crippen molar-refractivity contribution in [3.63, 3.8) is 0 Å². The number of benzene rings is 5. The van der Waals surface area contributed by atoms with Crippen molar-refractivity contribution in [3.8, 4) is 6.07 Å². The molecule has 0 spiro atoms. The molecule has 5 aromatic carbocycles. The lowest BCUT2D eigenvalue weighted by Gasteiger charge is -2.34. The van der Waals surface area contributed by atoms with Gasteiger partial charge in [-0.15, -0.1) is 0 Å². The van der Waals surface area contributed by atoms with Crippen molar-refractivity contribution in [2.45, 2.75) is 19.3 Å². The zero-order valence-electron chi connectivity index (χ0n) is 21.3. The Kier molecular flexibility index (Phi) is 6.81. The van der Waals surface area contributed by atoms with Crippen molar-refractivity contribution in [1.82, 2.24) is 0 Å². The van der Waals surface area contributed by atoms with E-state index in [4.69, 9.17) is 9.47 Å². The third-order valence-corrected chi connectivity index (χ3v) is 7.23. The molecule has 0 N–H and O–H groups in total. The Balaban J connectivity index is 1.95. The van der Waals surface area contributed by atoms with Crippen LogP contribution in [0.15, 0.2) is 97.1 Å². The molecule has 5 aromatic rings. The molecule has 0 saturated carbocycles. The summed E-state index contributed by atoms with van der Waals surface area (Å²) in [5, 5.41) is 16.6. The van der Waals surface area contributed by atoms with E-state index in [0.717, 1.165) is 43.4 Å². The number of hydrogen-bond donors (Lipinski definition) is 0. The molecule has 2 atom stereocenters. The van der Waals surface area contributed by atoms with Crippen LogP contribution in [0, 0.1) is 16.7 Å². The number of carbonyl (C=O) groups excluding carboxylic acids is 2. The third-order valence-electron chi connectivity index (χ3n) is 7.23. The van der Waals surface area contributed by atoms with E-state index in [-0.39, 0.29) is 6.61 Å². The number of rotatable bonds is 7. The maximum Gasteiger partial charge on any atom is 0.328 e. The van der Waals surface area contributed by atoms with Crippen molar-refractivity contribution in [2.24, 2.45) is 5.41 Å². The van der Waals surface area contributed by atoms with Gasteiger partial charge in [0.25, 0.3) is 0 Å². The minimum Gasteiger partial charge on any atom is -0.469 e. The fourth-order valence-electron chi connectivity index (χ4n) is 5.53. The molecule has 38 heavy (non-hydrogen) atoms. The van der Waals surface area contributed by atoms with E-state index in [0.29, 0.717) is 0 Å². The van der Waals surface area contributed by atoms with Gasteiger partial charge in [0.2, 0.25) is 0 Å². The van der Waals surface area contributed by atoms with Gasteiger partial charge in [-0.05, 0) is 50.4 Å². The van der Waals surface area contributed by atoms with Gasteiger partial charge in [0.1, 0.15) is 0 Å². The molecule has 0 aliphatic rings. The van der Waals surface area contributed by atoms with Crippen molar-refractivity contribution in [1.29, 1.82) is 5.26 Å². The highest BCUT2D eigenvalue weighted by Gasteiger charge is 2.52. The number of methoxy groups -OCH3 is 1. The average Bonchev–Trinajstić information content (AvgIpc) is 2.96. The van der Waals surface area contributed by atoms with Crippen LogP contribution in [0.4, 0.5) is 0 Å². The number of fused-ring (bicyclic) bond motifs is 4. The molecule has 0 heterocycles. The summed E-state index contributed by atoms with van der Waals surface area (Å²) in [6.07, 6.45) is -0.451. The summed E-state index contributed by atoms with van der Waals surface area (Å²) in [7, 11) is 1.26. The number of hydrogen-bond acceptors (Lipinski definition) is 5. The van der Waals surface area contributed by atoms with E-state index in [2.05, 4.69) is 12.1 Å². The van der Waals surface area contributed by atoms with Crippen LogP contribution in [0.3, 0.4) is 0 Å². The lowest BCUT2D eigenvalue weighted by atomic mass is 9.65. The highest BCUT2D eigenvalue weighted by molar-refractivity contribution is 6.10. The molecule has 0 aliphatic heterocycles. The number of nitrogens with zero attached hydrogens (tertiary/aromatic N) is 1. The Hall–Kier alpha value is -4.69. The summed E-state index contributed by atoms with van der Waals surface area (Å²) in [4.78, 5) is 26.6. The standard InChI is InChI=1S/C33H27NO4/c1-3-38-32(36)33(21-34,20-29(35)37-2)31(27-16-8-12-22-10-4-6-14-25(22)27)28-17-9-13-24-19-18-23-11-5-7-15-26(23)30(24)28/h4-19,31H,3,20H2,1-2H3/t31-,33-/m0/s1. The monoisotopic (exact) mass is 501 g/mol. The highest BCUT2D eigenvalue weighted by Crippen LogP contribution is 2.49. The van der Waals surface area contributed by atoms with Crippen LogP contribution in [0.1, 0.15) is 30.4 Å². The first-order chi connectivity index (χ1) is 18.5. The van der Waals surface area contributed by atoms with Gasteiger partial charge in [0.15, 0.2) is 5.41 Å². The topological polar surface area (TPSA) is 76.4 Å². The van der Waals surface area contributed by atoms with Gasteiger partial charge in [-0.1, -0.05) is 97.1 Å². The summed E-state index contributed by atoms with van der Waals surface area (Å²) < 4.78 is 10.5. The van der Waals surface area contributed by atoms with Crippen LogP contribution < -0.4 is 0 Å². The first kappa shape index (κ1) is 25.0. The lowest BCUT2D eigenvalue weighted by Crippen LogP contribution is -2.40. The SMILES string of the molecule is CCOC(=O)[C@](C#N)(CC(=O)OC)[C@@H](c1cccc2ccccc12)c1cccc2ccc3ccccc3c12. The quantitative estimate of drug-likeness (QED) is 0.179. The van der Waals surface area contributed by atoms with Gasteiger partial charge in [-0.25, -0.2) is 0 Å². The zero-order chi connectivity index (χ0) is 26.7. The van der Waals surface area contributed by atoms with Crippen molar-refractivity contribution in [2.75, 3.05) is 13.7 Å². The molecule has 5 nitrogen and oxygen atoms in total. The number of carbonyl (C=O) groups is 2. The molecular weight excluding hydrogens is 474 g/mol. The second-order valence-corrected chi connectivity index (χ2v) is 9.29. The summed E-state index contributed by atoms with van der Waals surface area (Å²) in [5.74, 6) is -2.23. The van der Waals surface area contributed by atoms with Crippen LogP contribution in [-0.2, 0) is 19.1 Å². The third kappa shape index (κ3) is 4.14. The molecule has 5 heteroatoms. The molecule has 5 rings (SSSR count). The minimum absolute atomic E-state index is 0.0736. The maximum absolute atomic E-state index is 13.8. The Morgan fingerprint density at radius 1 is 0.789 bits per heavy atom. The summed E-state index contributed by atoms with van der Waals surface area (Å²) in [6.45, 7) is 1.76. The molecule has 0 bridgehead atoms. The molecule has 0 saturated heterocycles. The number of esters is 2. The van der Waals surface area contributed by atoms with Gasteiger partial charge < -0.3 is 9.47 Å². The Morgan fingerprint density at radius 3 is 2.05 bits per heavy atom. The maximum atomic E-state index is 13.8. The van der Waals surface area contributed by atoms with E-state index >= 15 is 0 Å². The normalized spacial score (nSPS) is 13.5. The van der Waals surface area contributed by atoms with Crippen molar-refractivity contribution >= 4 is 44.3 Å². The fraction of sp³-hybridized carbons (Fsp3) is 0.182. The van der Waals surface area contributed by atoms with E-state index < -0.39 is 29.7 Å². The number of nitriles is 1. The molecule has 0 amide bonds. The predicted molar refractivity (Wildman–Crippen MR) is 149 cm³/mol. The molecule has 0 radical (unpaired) electrons. The minimum atomic E-state index is -1.88. The summed E-state index contributed by atoms with van der Waals surface area (Å²) >= 11 is 0.